The van der Waals surface area contributed by atoms with E-state index in [-0.39, 0.29) is 18.4 Å². The number of amides is 2. The second-order valence-electron chi connectivity index (χ2n) is 7.38. The summed E-state index contributed by atoms with van der Waals surface area (Å²) in [6.07, 6.45) is 8.09. The predicted molar refractivity (Wildman–Crippen MR) is 114 cm³/mol. The van der Waals surface area contributed by atoms with E-state index in [1.165, 1.54) is 4.88 Å². The molecule has 4 rings (SSSR count). The number of thiophene rings is 1. The number of aromatic nitrogens is 3. The van der Waals surface area contributed by atoms with Crippen LogP contribution < -0.4 is 10.6 Å². The monoisotopic (exact) mass is 411 g/mol. The van der Waals surface area contributed by atoms with Crippen molar-refractivity contribution in [3.05, 3.63) is 51.9 Å². The molecule has 0 fully saturated rings. The number of rotatable bonds is 5. The standard InChI is InChI=1S/C21H25N5O2S/c1-13-19(14(2)25(3)24-13)23-17(27)12-22-20(28)18-15-8-4-5-9-16(15)29-21(18)26-10-6-7-11-26/h6-7,10-11H,4-5,8-9,12H2,1-3H3,(H,22,28)(H,23,27). The fraction of sp³-hybridized carbons (Fsp3) is 0.381. The van der Waals surface area contributed by atoms with E-state index < -0.39 is 0 Å². The van der Waals surface area contributed by atoms with Crippen molar-refractivity contribution in [1.82, 2.24) is 19.7 Å². The van der Waals surface area contributed by atoms with Gasteiger partial charge in [0.05, 0.1) is 29.2 Å². The van der Waals surface area contributed by atoms with Crippen molar-refractivity contribution in [1.29, 1.82) is 0 Å². The SMILES string of the molecule is Cc1nn(C)c(C)c1NC(=O)CNC(=O)c1c(-n2cccc2)sc2c1CCCC2. The zero-order valence-corrected chi connectivity index (χ0v) is 17.7. The van der Waals surface area contributed by atoms with Crippen LogP contribution in [0.3, 0.4) is 0 Å². The molecule has 1 aliphatic rings. The van der Waals surface area contributed by atoms with E-state index in [1.54, 1.807) is 16.0 Å². The molecule has 7 nitrogen and oxygen atoms in total. The van der Waals surface area contributed by atoms with Crippen molar-refractivity contribution < 1.29 is 9.59 Å². The Kier molecular flexibility index (Phi) is 5.27. The van der Waals surface area contributed by atoms with E-state index in [0.717, 1.165) is 47.6 Å². The Morgan fingerprint density at radius 2 is 1.90 bits per heavy atom. The van der Waals surface area contributed by atoms with Crippen molar-refractivity contribution in [2.75, 3.05) is 11.9 Å². The summed E-state index contributed by atoms with van der Waals surface area (Å²) in [7, 11) is 1.84. The lowest BCUT2D eigenvalue weighted by Gasteiger charge is -2.13. The smallest absolute Gasteiger partial charge is 0.255 e. The maximum Gasteiger partial charge on any atom is 0.255 e. The van der Waals surface area contributed by atoms with Crippen LogP contribution in [0.5, 0.6) is 0 Å². The Balaban J connectivity index is 1.51. The number of carbonyl (C=O) groups is 2. The van der Waals surface area contributed by atoms with Crippen LogP contribution in [0.4, 0.5) is 5.69 Å². The molecular weight excluding hydrogens is 386 g/mol. The molecule has 0 aliphatic heterocycles. The van der Waals surface area contributed by atoms with Crippen LogP contribution in [0, 0.1) is 13.8 Å². The second kappa shape index (κ2) is 7.87. The molecule has 3 aromatic heterocycles. The molecule has 0 atom stereocenters. The molecule has 0 saturated heterocycles. The molecule has 3 heterocycles. The van der Waals surface area contributed by atoms with Gasteiger partial charge in [0.15, 0.2) is 0 Å². The van der Waals surface area contributed by atoms with Crippen LogP contribution in [-0.2, 0) is 24.7 Å². The number of aryl methyl sites for hydroxylation is 3. The number of nitrogens with zero attached hydrogens (tertiary/aromatic N) is 3. The average molecular weight is 412 g/mol. The highest BCUT2D eigenvalue weighted by Gasteiger charge is 2.26. The normalized spacial score (nSPS) is 13.2. The van der Waals surface area contributed by atoms with Crippen molar-refractivity contribution in [3.8, 4) is 5.00 Å². The summed E-state index contributed by atoms with van der Waals surface area (Å²) in [6, 6.07) is 3.90. The Labute approximate surface area is 173 Å². The minimum absolute atomic E-state index is 0.0810. The number of hydrogen-bond acceptors (Lipinski definition) is 4. The third-order valence-corrected chi connectivity index (χ3v) is 6.71. The summed E-state index contributed by atoms with van der Waals surface area (Å²) in [5, 5.41) is 10.9. The molecule has 8 heteroatoms. The fourth-order valence-corrected chi connectivity index (χ4v) is 5.18. The molecule has 0 saturated carbocycles. The molecule has 0 radical (unpaired) electrons. The van der Waals surface area contributed by atoms with Crippen molar-refractivity contribution in [2.24, 2.45) is 7.05 Å². The first-order valence-electron chi connectivity index (χ1n) is 9.82. The first kappa shape index (κ1) is 19.4. The first-order valence-corrected chi connectivity index (χ1v) is 10.6. The van der Waals surface area contributed by atoms with Gasteiger partial charge in [-0.3, -0.25) is 14.3 Å². The zero-order valence-electron chi connectivity index (χ0n) is 16.9. The van der Waals surface area contributed by atoms with E-state index in [9.17, 15) is 9.59 Å². The minimum Gasteiger partial charge on any atom is -0.343 e. The molecule has 0 unspecified atom stereocenters. The third kappa shape index (κ3) is 3.72. The summed E-state index contributed by atoms with van der Waals surface area (Å²) in [5.41, 5.74) is 4.19. The summed E-state index contributed by atoms with van der Waals surface area (Å²) in [4.78, 5) is 26.8. The number of anilines is 1. The molecular formula is C21H25N5O2S. The Morgan fingerprint density at radius 1 is 1.17 bits per heavy atom. The molecule has 0 bridgehead atoms. The number of carbonyl (C=O) groups excluding carboxylic acids is 2. The molecule has 2 N–H and O–H groups in total. The Hall–Kier alpha value is -2.87. The summed E-state index contributed by atoms with van der Waals surface area (Å²) in [5.74, 6) is -0.452. The highest BCUT2D eigenvalue weighted by molar-refractivity contribution is 7.15. The van der Waals surface area contributed by atoms with Gasteiger partial charge in [-0.15, -0.1) is 11.3 Å². The fourth-order valence-electron chi connectivity index (χ4n) is 3.82. The first-order chi connectivity index (χ1) is 14.0. The lowest BCUT2D eigenvalue weighted by molar-refractivity contribution is -0.115. The Morgan fingerprint density at radius 3 is 2.59 bits per heavy atom. The molecule has 2 amide bonds. The number of nitrogens with one attached hydrogen (secondary N) is 2. The predicted octanol–water partition coefficient (Wildman–Crippen LogP) is 3.14. The van der Waals surface area contributed by atoms with Crippen LogP contribution in [0.25, 0.3) is 5.00 Å². The Bertz CT molecular complexity index is 1060. The molecule has 152 valence electrons. The highest BCUT2D eigenvalue weighted by Crippen LogP contribution is 2.36. The largest absolute Gasteiger partial charge is 0.343 e. The van der Waals surface area contributed by atoms with Crippen molar-refractivity contribution >= 4 is 28.8 Å². The van der Waals surface area contributed by atoms with E-state index in [2.05, 4.69) is 15.7 Å². The van der Waals surface area contributed by atoms with E-state index in [0.29, 0.717) is 11.3 Å². The third-order valence-electron chi connectivity index (χ3n) is 5.40. The lowest BCUT2D eigenvalue weighted by atomic mass is 9.95. The van der Waals surface area contributed by atoms with E-state index >= 15 is 0 Å². The van der Waals surface area contributed by atoms with E-state index in [4.69, 9.17) is 0 Å². The van der Waals surface area contributed by atoms with Crippen LogP contribution in [-0.4, -0.2) is 32.7 Å². The van der Waals surface area contributed by atoms with Crippen LogP contribution in [0.2, 0.25) is 0 Å². The summed E-state index contributed by atoms with van der Waals surface area (Å²) < 4.78 is 3.71. The van der Waals surface area contributed by atoms with Gasteiger partial charge in [0.25, 0.3) is 5.91 Å². The van der Waals surface area contributed by atoms with Crippen molar-refractivity contribution in [2.45, 2.75) is 39.5 Å². The van der Waals surface area contributed by atoms with Gasteiger partial charge in [-0.1, -0.05) is 0 Å². The quantitative estimate of drug-likeness (QED) is 0.677. The van der Waals surface area contributed by atoms with Gasteiger partial charge in [-0.2, -0.15) is 5.10 Å². The van der Waals surface area contributed by atoms with Gasteiger partial charge in [0, 0.05) is 24.3 Å². The molecule has 3 aromatic rings. The zero-order chi connectivity index (χ0) is 20.5. The van der Waals surface area contributed by atoms with Crippen LogP contribution >= 0.6 is 11.3 Å². The van der Waals surface area contributed by atoms with Gasteiger partial charge in [0.2, 0.25) is 5.91 Å². The summed E-state index contributed by atoms with van der Waals surface area (Å²) >= 11 is 1.68. The number of fused-ring (bicyclic) bond motifs is 1. The van der Waals surface area contributed by atoms with Crippen molar-refractivity contribution in [3.63, 3.8) is 0 Å². The lowest BCUT2D eigenvalue weighted by Crippen LogP contribution is -2.34. The van der Waals surface area contributed by atoms with Crippen LogP contribution in [0.1, 0.15) is 45.0 Å². The van der Waals surface area contributed by atoms with Gasteiger partial charge in [-0.05, 0) is 57.2 Å². The van der Waals surface area contributed by atoms with Gasteiger partial charge < -0.3 is 15.2 Å². The minimum atomic E-state index is -0.260. The molecule has 29 heavy (non-hydrogen) atoms. The van der Waals surface area contributed by atoms with Gasteiger partial charge >= 0.3 is 0 Å². The maximum atomic E-state index is 13.1. The molecule has 0 aromatic carbocycles. The van der Waals surface area contributed by atoms with Gasteiger partial charge in [-0.25, -0.2) is 0 Å². The highest BCUT2D eigenvalue weighted by atomic mass is 32.1. The van der Waals surface area contributed by atoms with E-state index in [1.807, 2.05) is 50.0 Å². The topological polar surface area (TPSA) is 81.0 Å². The molecule has 0 spiro atoms. The number of hydrogen-bond donors (Lipinski definition) is 2. The maximum absolute atomic E-state index is 13.1. The van der Waals surface area contributed by atoms with Crippen LogP contribution in [0.15, 0.2) is 24.5 Å². The van der Waals surface area contributed by atoms with Gasteiger partial charge in [0.1, 0.15) is 5.00 Å². The summed E-state index contributed by atoms with van der Waals surface area (Å²) in [6.45, 7) is 3.67. The average Bonchev–Trinajstić information content (AvgIpc) is 3.41. The molecule has 1 aliphatic carbocycles. The second-order valence-corrected chi connectivity index (χ2v) is 8.47.